The first-order chi connectivity index (χ1) is 21.3. The Balaban J connectivity index is 1.47. The Labute approximate surface area is 257 Å². The molecular weight excluding hydrogens is 562 g/mol. The maximum atomic E-state index is 14.4. The predicted molar refractivity (Wildman–Crippen MR) is 164 cm³/mol. The van der Waals surface area contributed by atoms with Gasteiger partial charge in [-0.3, -0.25) is 9.59 Å². The van der Waals surface area contributed by atoms with E-state index in [2.05, 4.69) is 10.3 Å². The Kier molecular flexibility index (Phi) is 9.96. The average molecular weight is 604 g/mol. The molecule has 2 fully saturated rings. The molecule has 1 aromatic heterocycles. The number of benzene rings is 2. The summed E-state index contributed by atoms with van der Waals surface area (Å²) in [7, 11) is 0. The van der Waals surface area contributed by atoms with E-state index in [1.54, 1.807) is 11.2 Å². The summed E-state index contributed by atoms with van der Waals surface area (Å²) in [4.78, 5) is 45.3. The van der Waals surface area contributed by atoms with Gasteiger partial charge in [-0.05, 0) is 24.8 Å². The fourth-order valence-corrected chi connectivity index (χ4v) is 6.45. The number of ether oxygens (including phenoxy) is 1. The lowest BCUT2D eigenvalue weighted by Gasteiger charge is -2.41. The van der Waals surface area contributed by atoms with E-state index in [0.717, 1.165) is 24.0 Å². The number of aliphatic hydroxyl groups is 1. The van der Waals surface area contributed by atoms with Gasteiger partial charge in [0, 0.05) is 38.7 Å². The topological polar surface area (TPSA) is 137 Å². The smallest absolute Gasteiger partial charge is 0.407 e. The van der Waals surface area contributed by atoms with Crippen molar-refractivity contribution < 1.29 is 29.3 Å². The number of imidazole rings is 1. The van der Waals surface area contributed by atoms with Gasteiger partial charge in [0.1, 0.15) is 5.60 Å². The quantitative estimate of drug-likeness (QED) is 0.301. The Morgan fingerprint density at radius 2 is 1.77 bits per heavy atom. The van der Waals surface area contributed by atoms with Crippen molar-refractivity contribution in [3.63, 3.8) is 0 Å². The minimum absolute atomic E-state index is 0.0865. The van der Waals surface area contributed by atoms with E-state index < -0.39 is 11.7 Å². The molecule has 1 aliphatic carbocycles. The van der Waals surface area contributed by atoms with Gasteiger partial charge in [-0.15, -0.1) is 0 Å². The average Bonchev–Trinajstić information content (AvgIpc) is 3.46. The molecule has 2 heterocycles. The summed E-state index contributed by atoms with van der Waals surface area (Å²) in [5.41, 5.74) is 1.52. The lowest BCUT2D eigenvalue weighted by Crippen LogP contribution is -2.57. The second-order valence-electron chi connectivity index (χ2n) is 11.7. The standard InChI is InChI=1S/C33H41N5O6/c1-24(39)34-16-19-44-22-33(43)15-9-8-14-28(33)38-23-35-29(30(38)26-12-6-3-7-13-26)31(40)37-18-17-36(32(41)42)21-27(37)20-25-10-4-2-5-11-25/h2-7,10-13,23,27-28,43H,8-9,14-22H2,1H3,(H,34,39)(H,41,42)/t27-,28?,33?/m1/s1. The summed E-state index contributed by atoms with van der Waals surface area (Å²) in [6.07, 6.45) is 4.12. The maximum Gasteiger partial charge on any atom is 0.407 e. The van der Waals surface area contributed by atoms with Crippen LogP contribution >= 0.6 is 0 Å². The first kappa shape index (κ1) is 31.2. The number of piperazine rings is 1. The molecule has 0 spiro atoms. The number of hydrogen-bond acceptors (Lipinski definition) is 6. The van der Waals surface area contributed by atoms with Crippen molar-refractivity contribution >= 4 is 17.9 Å². The predicted octanol–water partition coefficient (Wildman–Crippen LogP) is 3.60. The van der Waals surface area contributed by atoms with Gasteiger partial charge >= 0.3 is 6.09 Å². The molecule has 0 bridgehead atoms. The van der Waals surface area contributed by atoms with Crippen LogP contribution in [0.4, 0.5) is 4.79 Å². The molecule has 3 atom stereocenters. The Morgan fingerprint density at radius 1 is 1.05 bits per heavy atom. The van der Waals surface area contributed by atoms with Gasteiger partial charge in [0.25, 0.3) is 5.91 Å². The highest BCUT2D eigenvalue weighted by atomic mass is 16.5. The second-order valence-corrected chi connectivity index (χ2v) is 11.7. The second kappa shape index (κ2) is 14.0. The molecule has 234 valence electrons. The number of rotatable bonds is 10. The van der Waals surface area contributed by atoms with Gasteiger partial charge < -0.3 is 34.6 Å². The number of nitrogens with one attached hydrogen (secondary N) is 1. The first-order valence-electron chi connectivity index (χ1n) is 15.3. The third kappa shape index (κ3) is 7.11. The van der Waals surface area contributed by atoms with Crippen LogP contribution in [0, 0.1) is 0 Å². The largest absolute Gasteiger partial charge is 0.465 e. The fourth-order valence-electron chi connectivity index (χ4n) is 6.45. The molecular formula is C33H41N5O6. The maximum absolute atomic E-state index is 14.4. The molecule has 0 radical (unpaired) electrons. The molecule has 1 saturated carbocycles. The van der Waals surface area contributed by atoms with E-state index in [0.29, 0.717) is 31.5 Å². The summed E-state index contributed by atoms with van der Waals surface area (Å²) >= 11 is 0. The first-order valence-corrected chi connectivity index (χ1v) is 15.3. The number of carboxylic acid groups (broad SMARTS) is 1. The highest BCUT2D eigenvalue weighted by Crippen LogP contribution is 2.41. The van der Waals surface area contributed by atoms with Gasteiger partial charge in [-0.25, -0.2) is 9.78 Å². The molecule has 1 saturated heterocycles. The number of hydrogen-bond donors (Lipinski definition) is 3. The normalized spacial score (nSPS) is 22.0. The zero-order valence-corrected chi connectivity index (χ0v) is 25.1. The van der Waals surface area contributed by atoms with Crippen LogP contribution in [0.1, 0.15) is 54.7 Å². The van der Waals surface area contributed by atoms with E-state index in [1.165, 1.54) is 11.8 Å². The molecule has 3 aromatic rings. The van der Waals surface area contributed by atoms with Crippen LogP contribution < -0.4 is 5.32 Å². The monoisotopic (exact) mass is 603 g/mol. The number of carbonyl (C=O) groups excluding carboxylic acids is 2. The number of carbonyl (C=O) groups is 3. The summed E-state index contributed by atoms with van der Waals surface area (Å²) in [5.74, 6) is -0.402. The molecule has 44 heavy (non-hydrogen) atoms. The molecule has 2 aliphatic rings. The molecule has 11 heteroatoms. The summed E-state index contributed by atoms with van der Waals surface area (Å²) in [6.45, 7) is 2.83. The highest BCUT2D eigenvalue weighted by molar-refractivity contribution is 5.98. The molecule has 2 unspecified atom stereocenters. The van der Waals surface area contributed by atoms with Crippen LogP contribution in [0.3, 0.4) is 0 Å². The highest BCUT2D eigenvalue weighted by Gasteiger charge is 2.43. The molecule has 2 aromatic carbocycles. The van der Waals surface area contributed by atoms with Crippen molar-refractivity contribution in [1.82, 2.24) is 24.7 Å². The summed E-state index contributed by atoms with van der Waals surface area (Å²) < 4.78 is 7.78. The third-order valence-electron chi connectivity index (χ3n) is 8.64. The fraction of sp³-hybridized carbons (Fsp3) is 0.455. The number of nitrogens with zero attached hydrogens (tertiary/aromatic N) is 4. The lowest BCUT2D eigenvalue weighted by molar-refractivity contribution is -0.119. The summed E-state index contributed by atoms with van der Waals surface area (Å²) in [5, 5.41) is 24.4. The molecule has 3 N–H and O–H groups in total. The van der Waals surface area contributed by atoms with Crippen molar-refractivity contribution in [1.29, 1.82) is 0 Å². The van der Waals surface area contributed by atoms with Gasteiger partial charge in [0.05, 0.1) is 37.3 Å². The molecule has 3 amide bonds. The Hall–Kier alpha value is -4.22. The Morgan fingerprint density at radius 3 is 2.48 bits per heavy atom. The molecule has 11 nitrogen and oxygen atoms in total. The van der Waals surface area contributed by atoms with Gasteiger partial charge in [0.15, 0.2) is 5.69 Å². The van der Waals surface area contributed by atoms with Crippen molar-refractivity contribution in [3.05, 3.63) is 78.2 Å². The summed E-state index contributed by atoms with van der Waals surface area (Å²) in [6, 6.07) is 18.6. The van der Waals surface area contributed by atoms with Crippen molar-refractivity contribution in [2.45, 2.75) is 56.7 Å². The van der Waals surface area contributed by atoms with Crippen molar-refractivity contribution in [2.24, 2.45) is 0 Å². The van der Waals surface area contributed by atoms with Gasteiger partial charge in [-0.2, -0.15) is 0 Å². The van der Waals surface area contributed by atoms with Gasteiger partial charge in [-0.1, -0.05) is 73.5 Å². The van der Waals surface area contributed by atoms with E-state index in [4.69, 9.17) is 4.74 Å². The van der Waals surface area contributed by atoms with Crippen LogP contribution in [0.15, 0.2) is 67.0 Å². The van der Waals surface area contributed by atoms with Crippen LogP contribution in [0.25, 0.3) is 11.3 Å². The van der Waals surface area contributed by atoms with Gasteiger partial charge in [0.2, 0.25) is 5.91 Å². The SMILES string of the molecule is CC(=O)NCCOCC1(O)CCCCC1n1cnc(C(=O)N2CCN(C(=O)O)C[C@H]2Cc2ccccc2)c1-c1ccccc1. The minimum Gasteiger partial charge on any atom is -0.465 e. The zero-order valence-electron chi connectivity index (χ0n) is 25.1. The van der Waals surface area contributed by atoms with E-state index in [1.807, 2.05) is 65.2 Å². The van der Waals surface area contributed by atoms with E-state index in [-0.39, 0.29) is 62.4 Å². The molecule has 5 rings (SSSR count). The molecule has 1 aliphatic heterocycles. The number of aromatic nitrogens is 2. The zero-order chi connectivity index (χ0) is 31.1. The van der Waals surface area contributed by atoms with E-state index >= 15 is 0 Å². The third-order valence-corrected chi connectivity index (χ3v) is 8.64. The number of amides is 3. The van der Waals surface area contributed by atoms with Crippen LogP contribution in [0.5, 0.6) is 0 Å². The van der Waals surface area contributed by atoms with Crippen molar-refractivity contribution in [2.75, 3.05) is 39.4 Å². The Bertz CT molecular complexity index is 1430. The van der Waals surface area contributed by atoms with Crippen LogP contribution in [-0.2, 0) is 16.0 Å². The van der Waals surface area contributed by atoms with Crippen LogP contribution in [-0.4, -0.2) is 98.5 Å². The van der Waals surface area contributed by atoms with Crippen LogP contribution in [0.2, 0.25) is 0 Å². The lowest BCUT2D eigenvalue weighted by atomic mass is 9.80. The van der Waals surface area contributed by atoms with E-state index in [9.17, 15) is 24.6 Å². The minimum atomic E-state index is -1.19. The van der Waals surface area contributed by atoms with Crippen molar-refractivity contribution in [3.8, 4) is 11.3 Å².